The molecule has 23 heavy (non-hydrogen) atoms. The summed E-state index contributed by atoms with van der Waals surface area (Å²) in [6, 6.07) is 4.96. The van der Waals surface area contributed by atoms with E-state index in [-0.39, 0.29) is 11.7 Å². The van der Waals surface area contributed by atoms with Gasteiger partial charge in [0.15, 0.2) is 5.16 Å². The summed E-state index contributed by atoms with van der Waals surface area (Å²) in [5, 5.41) is 13.0. The van der Waals surface area contributed by atoms with Crippen LogP contribution >= 0.6 is 35.0 Å². The van der Waals surface area contributed by atoms with Crippen molar-refractivity contribution >= 4 is 46.6 Å². The Labute approximate surface area is 148 Å². The van der Waals surface area contributed by atoms with Crippen LogP contribution in [0.5, 0.6) is 0 Å². The van der Waals surface area contributed by atoms with E-state index in [9.17, 15) is 4.79 Å². The van der Waals surface area contributed by atoms with Gasteiger partial charge in [0.1, 0.15) is 5.82 Å². The second-order valence-corrected chi connectivity index (χ2v) is 7.17. The van der Waals surface area contributed by atoms with Gasteiger partial charge in [0, 0.05) is 28.7 Å². The Kier molecular flexibility index (Phi) is 5.46. The maximum Gasteiger partial charge on any atom is 0.234 e. The lowest BCUT2D eigenvalue weighted by Crippen LogP contribution is -2.14. The van der Waals surface area contributed by atoms with Crippen LogP contribution in [-0.4, -0.2) is 26.4 Å². The van der Waals surface area contributed by atoms with Crippen LogP contribution in [0.3, 0.4) is 0 Å². The predicted octanol–water partition coefficient (Wildman–Crippen LogP) is 4.04. The Morgan fingerprint density at radius 3 is 2.74 bits per heavy atom. The number of amides is 1. The minimum Gasteiger partial charge on any atom is -0.325 e. The number of aryl methyl sites for hydroxylation is 1. The number of carbonyl (C=O) groups excluding carboxylic acids is 1. The van der Waals surface area contributed by atoms with E-state index in [1.165, 1.54) is 18.2 Å². The largest absolute Gasteiger partial charge is 0.325 e. The molecule has 0 atom stereocenters. The van der Waals surface area contributed by atoms with Crippen LogP contribution in [0, 0.1) is 0 Å². The Morgan fingerprint density at radius 2 is 1.96 bits per heavy atom. The first-order valence-corrected chi connectivity index (χ1v) is 9.17. The third-order valence-corrected chi connectivity index (χ3v) is 4.96. The molecule has 1 aliphatic rings. The molecular weight excluding hydrogens is 355 g/mol. The number of carbonyl (C=O) groups is 1. The van der Waals surface area contributed by atoms with Gasteiger partial charge in [0.05, 0.1) is 5.75 Å². The lowest BCUT2D eigenvalue weighted by Gasteiger charge is -2.08. The first-order chi connectivity index (χ1) is 11.1. The zero-order valence-electron chi connectivity index (χ0n) is 12.4. The van der Waals surface area contributed by atoms with Gasteiger partial charge < -0.3 is 9.88 Å². The molecule has 1 aromatic heterocycles. The molecule has 2 aromatic rings. The average molecular weight is 371 g/mol. The van der Waals surface area contributed by atoms with Gasteiger partial charge >= 0.3 is 0 Å². The number of benzene rings is 1. The molecule has 8 heteroatoms. The van der Waals surface area contributed by atoms with Crippen molar-refractivity contribution in [2.75, 3.05) is 11.1 Å². The van der Waals surface area contributed by atoms with Gasteiger partial charge in [-0.3, -0.25) is 4.79 Å². The highest BCUT2D eigenvalue weighted by Gasteiger charge is 2.16. The first-order valence-electron chi connectivity index (χ1n) is 7.42. The van der Waals surface area contributed by atoms with Crippen molar-refractivity contribution in [3.63, 3.8) is 0 Å². The predicted molar refractivity (Wildman–Crippen MR) is 93.4 cm³/mol. The Morgan fingerprint density at radius 1 is 1.17 bits per heavy atom. The van der Waals surface area contributed by atoms with Gasteiger partial charge in [0.2, 0.25) is 5.91 Å². The summed E-state index contributed by atoms with van der Waals surface area (Å²) < 4.78 is 2.13. The van der Waals surface area contributed by atoms with Gasteiger partial charge in [-0.2, -0.15) is 0 Å². The fourth-order valence-corrected chi connectivity index (χ4v) is 3.83. The zero-order valence-corrected chi connectivity index (χ0v) is 14.7. The first kappa shape index (κ1) is 16.6. The van der Waals surface area contributed by atoms with Gasteiger partial charge in [-0.25, -0.2) is 0 Å². The monoisotopic (exact) mass is 370 g/mol. The van der Waals surface area contributed by atoms with Gasteiger partial charge in [-0.05, 0) is 31.0 Å². The number of hydrogen-bond donors (Lipinski definition) is 1. The van der Waals surface area contributed by atoms with Crippen molar-refractivity contribution in [2.24, 2.45) is 0 Å². The van der Waals surface area contributed by atoms with Crippen molar-refractivity contribution in [3.8, 4) is 0 Å². The highest BCUT2D eigenvalue weighted by molar-refractivity contribution is 7.99. The SMILES string of the molecule is O=C(CSc1nnc2n1CCCCC2)Nc1cc(Cl)cc(Cl)c1. The topological polar surface area (TPSA) is 59.8 Å². The minimum absolute atomic E-state index is 0.126. The molecule has 0 fully saturated rings. The highest BCUT2D eigenvalue weighted by atomic mass is 35.5. The summed E-state index contributed by atoms with van der Waals surface area (Å²) in [6.07, 6.45) is 4.45. The Bertz CT molecular complexity index is 699. The molecule has 2 heterocycles. The van der Waals surface area contributed by atoms with E-state index in [1.54, 1.807) is 18.2 Å². The van der Waals surface area contributed by atoms with Crippen LogP contribution in [-0.2, 0) is 17.8 Å². The lowest BCUT2D eigenvalue weighted by molar-refractivity contribution is -0.113. The molecule has 1 aliphatic heterocycles. The number of aromatic nitrogens is 3. The molecule has 0 spiro atoms. The van der Waals surface area contributed by atoms with Crippen LogP contribution < -0.4 is 5.32 Å². The molecule has 0 bridgehead atoms. The normalized spacial score (nSPS) is 14.2. The summed E-state index contributed by atoms with van der Waals surface area (Å²) in [6.45, 7) is 0.927. The number of nitrogens with zero attached hydrogens (tertiary/aromatic N) is 3. The molecule has 1 N–H and O–H groups in total. The van der Waals surface area contributed by atoms with Crippen LogP contribution in [0.15, 0.2) is 23.4 Å². The van der Waals surface area contributed by atoms with Crippen molar-refractivity contribution in [2.45, 2.75) is 37.4 Å². The lowest BCUT2D eigenvalue weighted by atomic mass is 10.2. The fourth-order valence-electron chi connectivity index (χ4n) is 2.52. The molecule has 5 nitrogen and oxygen atoms in total. The summed E-state index contributed by atoms with van der Waals surface area (Å²) in [5.74, 6) is 1.16. The fraction of sp³-hybridized carbons (Fsp3) is 0.400. The maximum absolute atomic E-state index is 12.1. The van der Waals surface area contributed by atoms with E-state index in [0.29, 0.717) is 15.7 Å². The molecule has 122 valence electrons. The van der Waals surface area contributed by atoms with E-state index < -0.39 is 0 Å². The van der Waals surface area contributed by atoms with Gasteiger partial charge in [0.25, 0.3) is 0 Å². The summed E-state index contributed by atoms with van der Waals surface area (Å²) in [7, 11) is 0. The highest BCUT2D eigenvalue weighted by Crippen LogP contribution is 2.24. The van der Waals surface area contributed by atoms with Crippen LogP contribution in [0.25, 0.3) is 0 Å². The van der Waals surface area contributed by atoms with E-state index >= 15 is 0 Å². The van der Waals surface area contributed by atoms with E-state index in [1.807, 2.05) is 0 Å². The van der Waals surface area contributed by atoms with E-state index in [0.717, 1.165) is 36.8 Å². The third kappa shape index (κ3) is 4.40. The molecule has 3 rings (SSSR count). The van der Waals surface area contributed by atoms with Crippen molar-refractivity contribution in [1.29, 1.82) is 0 Å². The molecule has 1 amide bonds. The number of hydrogen-bond acceptors (Lipinski definition) is 4. The maximum atomic E-state index is 12.1. The number of fused-ring (bicyclic) bond motifs is 1. The van der Waals surface area contributed by atoms with Crippen molar-refractivity contribution in [1.82, 2.24) is 14.8 Å². The molecular formula is C15H16Cl2N4OS. The number of rotatable bonds is 4. The van der Waals surface area contributed by atoms with Crippen molar-refractivity contribution in [3.05, 3.63) is 34.1 Å². The Balaban J connectivity index is 1.60. The summed E-state index contributed by atoms with van der Waals surface area (Å²) in [4.78, 5) is 12.1. The quantitative estimate of drug-likeness (QED) is 0.824. The third-order valence-electron chi connectivity index (χ3n) is 3.55. The van der Waals surface area contributed by atoms with Gasteiger partial charge in [-0.15, -0.1) is 10.2 Å². The minimum atomic E-state index is -0.126. The summed E-state index contributed by atoms with van der Waals surface area (Å²) in [5.41, 5.74) is 0.591. The average Bonchev–Trinajstić information content (AvgIpc) is 2.71. The van der Waals surface area contributed by atoms with Crippen LogP contribution in [0.1, 0.15) is 25.1 Å². The smallest absolute Gasteiger partial charge is 0.234 e. The summed E-state index contributed by atoms with van der Waals surface area (Å²) >= 11 is 13.2. The van der Waals surface area contributed by atoms with Crippen LogP contribution in [0.4, 0.5) is 5.69 Å². The van der Waals surface area contributed by atoms with E-state index in [2.05, 4.69) is 20.1 Å². The molecule has 0 unspecified atom stereocenters. The van der Waals surface area contributed by atoms with Crippen LogP contribution in [0.2, 0.25) is 10.0 Å². The van der Waals surface area contributed by atoms with Gasteiger partial charge in [-0.1, -0.05) is 41.4 Å². The molecule has 0 aliphatic carbocycles. The standard InChI is InChI=1S/C15H16Cl2N4OS/c16-10-6-11(17)8-12(7-10)18-14(22)9-23-15-20-19-13-4-2-1-3-5-21(13)15/h6-8H,1-5,9H2,(H,18,22). The number of thioether (sulfide) groups is 1. The number of halogens is 2. The number of nitrogens with one attached hydrogen (secondary N) is 1. The second kappa shape index (κ2) is 7.55. The number of anilines is 1. The molecule has 1 aromatic carbocycles. The van der Waals surface area contributed by atoms with Crippen molar-refractivity contribution < 1.29 is 4.79 Å². The molecule has 0 radical (unpaired) electrons. The molecule has 0 saturated heterocycles. The molecule has 0 saturated carbocycles. The van der Waals surface area contributed by atoms with E-state index in [4.69, 9.17) is 23.2 Å². The Hall–Kier alpha value is -1.24. The zero-order chi connectivity index (χ0) is 16.2. The second-order valence-electron chi connectivity index (χ2n) is 5.36.